The van der Waals surface area contributed by atoms with Crippen molar-refractivity contribution in [2.75, 3.05) is 13.6 Å². The first kappa shape index (κ1) is 12.2. The van der Waals surface area contributed by atoms with Gasteiger partial charge in [-0.3, -0.25) is 0 Å². The molecule has 0 spiro atoms. The molecule has 2 aliphatic rings. The van der Waals surface area contributed by atoms with Crippen LogP contribution in [0.5, 0.6) is 0 Å². The lowest BCUT2D eigenvalue weighted by molar-refractivity contribution is -0.114. The van der Waals surface area contributed by atoms with Crippen LogP contribution in [0.2, 0.25) is 0 Å². The Balaban J connectivity index is 1.95. The first-order chi connectivity index (χ1) is 8.72. The zero-order valence-electron chi connectivity index (χ0n) is 11.2. The van der Waals surface area contributed by atoms with Crippen LogP contribution in [-0.2, 0) is 5.60 Å². The minimum absolute atomic E-state index is 0.410. The standard InChI is InChI=1S/C16H23NO/c1-17-12-11-16(18,13-7-3-2-4-8-13)14-9-5-6-10-15(14)17/h2-4,7-8,14-15,18H,5-6,9-12H2,1H3/t14-,15+,16?/m1/s1. The number of hydrogen-bond acceptors (Lipinski definition) is 2. The molecule has 1 heterocycles. The Morgan fingerprint density at radius 2 is 1.89 bits per heavy atom. The van der Waals surface area contributed by atoms with Crippen molar-refractivity contribution < 1.29 is 5.11 Å². The van der Waals surface area contributed by atoms with E-state index in [1.165, 1.54) is 25.7 Å². The maximum atomic E-state index is 11.2. The van der Waals surface area contributed by atoms with E-state index < -0.39 is 5.60 Å². The number of piperidine rings is 1. The van der Waals surface area contributed by atoms with Crippen molar-refractivity contribution in [2.45, 2.75) is 43.7 Å². The van der Waals surface area contributed by atoms with Crippen molar-refractivity contribution >= 4 is 0 Å². The Morgan fingerprint density at radius 3 is 2.67 bits per heavy atom. The Morgan fingerprint density at radius 1 is 1.17 bits per heavy atom. The smallest absolute Gasteiger partial charge is 0.0951 e. The Kier molecular flexibility index (Phi) is 3.16. The highest BCUT2D eigenvalue weighted by molar-refractivity contribution is 5.25. The average Bonchev–Trinajstić information content (AvgIpc) is 2.44. The summed E-state index contributed by atoms with van der Waals surface area (Å²) in [6, 6.07) is 10.9. The first-order valence-corrected chi connectivity index (χ1v) is 7.20. The lowest BCUT2D eigenvalue weighted by Crippen LogP contribution is -2.56. The summed E-state index contributed by atoms with van der Waals surface area (Å²) in [7, 11) is 2.22. The number of rotatable bonds is 1. The fraction of sp³-hybridized carbons (Fsp3) is 0.625. The van der Waals surface area contributed by atoms with Gasteiger partial charge < -0.3 is 10.0 Å². The number of hydrogen-bond donors (Lipinski definition) is 1. The van der Waals surface area contributed by atoms with Gasteiger partial charge in [0.2, 0.25) is 0 Å². The summed E-state index contributed by atoms with van der Waals surface area (Å²) in [6.45, 7) is 1.01. The molecule has 1 N–H and O–H groups in total. The van der Waals surface area contributed by atoms with Crippen molar-refractivity contribution in [3.63, 3.8) is 0 Å². The van der Waals surface area contributed by atoms with Gasteiger partial charge in [0, 0.05) is 18.5 Å². The third-order valence-electron chi connectivity index (χ3n) is 5.03. The lowest BCUT2D eigenvalue weighted by atomic mass is 9.66. The second kappa shape index (κ2) is 4.67. The number of fused-ring (bicyclic) bond motifs is 1. The van der Waals surface area contributed by atoms with Crippen molar-refractivity contribution in [1.29, 1.82) is 0 Å². The van der Waals surface area contributed by atoms with E-state index in [2.05, 4.69) is 24.1 Å². The predicted molar refractivity (Wildman–Crippen MR) is 73.3 cm³/mol. The van der Waals surface area contributed by atoms with Gasteiger partial charge in [-0.15, -0.1) is 0 Å². The van der Waals surface area contributed by atoms with Gasteiger partial charge in [0.05, 0.1) is 5.60 Å². The molecule has 2 nitrogen and oxygen atoms in total. The van der Waals surface area contributed by atoms with E-state index in [-0.39, 0.29) is 0 Å². The Labute approximate surface area is 110 Å². The monoisotopic (exact) mass is 245 g/mol. The molecule has 0 aromatic heterocycles. The molecule has 3 rings (SSSR count). The molecule has 18 heavy (non-hydrogen) atoms. The molecule has 1 aromatic carbocycles. The van der Waals surface area contributed by atoms with Crippen molar-refractivity contribution in [3.05, 3.63) is 35.9 Å². The van der Waals surface area contributed by atoms with E-state index in [0.717, 1.165) is 18.5 Å². The van der Waals surface area contributed by atoms with Gasteiger partial charge in [0.25, 0.3) is 0 Å². The molecule has 2 fully saturated rings. The molecular formula is C16H23NO. The number of benzene rings is 1. The molecule has 1 saturated heterocycles. The van der Waals surface area contributed by atoms with Crippen molar-refractivity contribution in [2.24, 2.45) is 5.92 Å². The van der Waals surface area contributed by atoms with Crippen LogP contribution in [0.15, 0.2) is 30.3 Å². The molecule has 1 saturated carbocycles. The molecule has 0 amide bonds. The second-order valence-electron chi connectivity index (χ2n) is 5.98. The van der Waals surface area contributed by atoms with E-state index in [0.29, 0.717) is 12.0 Å². The van der Waals surface area contributed by atoms with Crippen LogP contribution in [0, 0.1) is 5.92 Å². The van der Waals surface area contributed by atoms with Crippen LogP contribution >= 0.6 is 0 Å². The van der Waals surface area contributed by atoms with Crippen LogP contribution in [0.3, 0.4) is 0 Å². The van der Waals surface area contributed by atoms with Gasteiger partial charge in [-0.2, -0.15) is 0 Å². The molecular weight excluding hydrogens is 222 g/mol. The maximum absolute atomic E-state index is 11.2. The lowest BCUT2D eigenvalue weighted by Gasteiger charge is -2.51. The SMILES string of the molecule is CN1CCC(O)(c2ccccc2)[C@@H]2CCCC[C@@H]21. The summed E-state index contributed by atoms with van der Waals surface area (Å²) in [6.07, 6.45) is 5.87. The fourth-order valence-corrected chi connectivity index (χ4v) is 3.98. The van der Waals surface area contributed by atoms with Gasteiger partial charge in [-0.25, -0.2) is 0 Å². The van der Waals surface area contributed by atoms with Gasteiger partial charge >= 0.3 is 0 Å². The second-order valence-corrected chi connectivity index (χ2v) is 5.98. The summed E-state index contributed by atoms with van der Waals surface area (Å²) < 4.78 is 0. The minimum atomic E-state index is -0.598. The van der Waals surface area contributed by atoms with E-state index in [9.17, 15) is 5.11 Å². The van der Waals surface area contributed by atoms with E-state index in [1.807, 2.05) is 18.2 Å². The Hall–Kier alpha value is -0.860. The molecule has 0 bridgehead atoms. The quantitative estimate of drug-likeness (QED) is 0.822. The maximum Gasteiger partial charge on any atom is 0.0951 e. The van der Waals surface area contributed by atoms with Crippen molar-refractivity contribution in [1.82, 2.24) is 4.90 Å². The largest absolute Gasteiger partial charge is 0.385 e. The van der Waals surface area contributed by atoms with Crippen LogP contribution in [0.4, 0.5) is 0 Å². The number of likely N-dealkylation sites (tertiary alicyclic amines) is 1. The number of aliphatic hydroxyl groups is 1. The third kappa shape index (κ3) is 1.88. The summed E-state index contributed by atoms with van der Waals surface area (Å²) in [5.41, 5.74) is 0.522. The molecule has 0 radical (unpaired) electrons. The molecule has 1 unspecified atom stereocenters. The van der Waals surface area contributed by atoms with Gasteiger partial charge in [0.1, 0.15) is 0 Å². The summed E-state index contributed by atoms with van der Waals surface area (Å²) in [4.78, 5) is 2.46. The molecule has 98 valence electrons. The highest BCUT2D eigenvalue weighted by Crippen LogP contribution is 2.46. The highest BCUT2D eigenvalue weighted by Gasteiger charge is 2.47. The van der Waals surface area contributed by atoms with Crippen LogP contribution in [0.1, 0.15) is 37.7 Å². The zero-order valence-corrected chi connectivity index (χ0v) is 11.2. The van der Waals surface area contributed by atoms with E-state index >= 15 is 0 Å². The van der Waals surface area contributed by atoms with Crippen LogP contribution in [0.25, 0.3) is 0 Å². The van der Waals surface area contributed by atoms with Gasteiger partial charge in [-0.1, -0.05) is 43.2 Å². The average molecular weight is 245 g/mol. The molecule has 1 aromatic rings. The normalized spacial score (nSPS) is 37.2. The van der Waals surface area contributed by atoms with Crippen molar-refractivity contribution in [3.8, 4) is 0 Å². The highest BCUT2D eigenvalue weighted by atomic mass is 16.3. The van der Waals surface area contributed by atoms with E-state index in [4.69, 9.17) is 0 Å². The molecule has 2 heteroatoms. The Bertz CT molecular complexity index is 405. The number of nitrogens with zero attached hydrogens (tertiary/aromatic N) is 1. The minimum Gasteiger partial charge on any atom is -0.385 e. The first-order valence-electron chi connectivity index (χ1n) is 7.20. The summed E-state index contributed by atoms with van der Waals surface area (Å²) >= 11 is 0. The topological polar surface area (TPSA) is 23.5 Å². The summed E-state index contributed by atoms with van der Waals surface area (Å²) in [5, 5.41) is 11.2. The zero-order chi connectivity index (χ0) is 12.6. The molecule has 1 aliphatic heterocycles. The molecule has 1 aliphatic carbocycles. The fourth-order valence-electron chi connectivity index (χ4n) is 3.98. The summed E-state index contributed by atoms with van der Waals surface area (Å²) in [5.74, 6) is 0.410. The van der Waals surface area contributed by atoms with Crippen LogP contribution in [-0.4, -0.2) is 29.6 Å². The van der Waals surface area contributed by atoms with Gasteiger partial charge in [0.15, 0.2) is 0 Å². The van der Waals surface area contributed by atoms with Gasteiger partial charge in [-0.05, 0) is 31.9 Å². The third-order valence-corrected chi connectivity index (χ3v) is 5.03. The van der Waals surface area contributed by atoms with Crippen LogP contribution < -0.4 is 0 Å². The molecule has 3 atom stereocenters. The van der Waals surface area contributed by atoms with E-state index in [1.54, 1.807) is 0 Å². The predicted octanol–water partition coefficient (Wildman–Crippen LogP) is 2.77.